The molecule has 0 bridgehead atoms. The monoisotopic (exact) mass is 524 g/mol. The van der Waals surface area contributed by atoms with Gasteiger partial charge in [0.25, 0.3) is 5.91 Å². The third-order valence-electron chi connectivity index (χ3n) is 4.91. The number of halogens is 1. The molecule has 0 heterocycles. The van der Waals surface area contributed by atoms with E-state index in [0.29, 0.717) is 40.9 Å². The Kier molecular flexibility index (Phi) is 10.8. The Labute approximate surface area is 221 Å². The lowest BCUT2D eigenvalue weighted by Crippen LogP contribution is -2.24. The molecule has 194 valence electrons. The fraction of sp³-hybridized carbons (Fsp3) is 0.250. The Hall–Kier alpha value is -4.04. The second-order valence-electron chi connectivity index (χ2n) is 7.79. The Morgan fingerprint density at radius 3 is 2.27 bits per heavy atom. The highest BCUT2D eigenvalue weighted by molar-refractivity contribution is 6.30. The predicted molar refractivity (Wildman–Crippen MR) is 142 cm³/mol. The summed E-state index contributed by atoms with van der Waals surface area (Å²) in [6.07, 6.45) is 3.51. The lowest BCUT2D eigenvalue weighted by Gasteiger charge is -2.11. The molecular weight excluding hydrogens is 496 g/mol. The number of nitrogens with zero attached hydrogens (tertiary/aromatic N) is 1. The first-order chi connectivity index (χ1) is 18.0. The van der Waals surface area contributed by atoms with Gasteiger partial charge in [-0.15, -0.1) is 0 Å². The van der Waals surface area contributed by atoms with Crippen LogP contribution in [0.3, 0.4) is 0 Å². The number of amides is 1. The van der Waals surface area contributed by atoms with Crippen molar-refractivity contribution in [3.63, 3.8) is 0 Å². The zero-order chi connectivity index (χ0) is 26.5. The van der Waals surface area contributed by atoms with Crippen molar-refractivity contribution in [3.8, 4) is 23.0 Å². The molecule has 0 aliphatic carbocycles. The van der Waals surface area contributed by atoms with Gasteiger partial charge in [-0.1, -0.05) is 24.9 Å². The Morgan fingerprint density at radius 1 is 0.892 bits per heavy atom. The van der Waals surface area contributed by atoms with Crippen molar-refractivity contribution in [2.75, 3.05) is 19.8 Å². The summed E-state index contributed by atoms with van der Waals surface area (Å²) in [5.74, 6) is 0.978. The summed E-state index contributed by atoms with van der Waals surface area (Å²) in [5.41, 5.74) is 3.41. The first-order valence-corrected chi connectivity index (χ1v) is 12.3. The molecule has 0 aliphatic heterocycles. The van der Waals surface area contributed by atoms with Crippen LogP contribution in [-0.4, -0.2) is 37.9 Å². The molecular formula is C28H29ClN2O6. The molecule has 0 saturated carbocycles. The summed E-state index contributed by atoms with van der Waals surface area (Å²) < 4.78 is 22.2. The zero-order valence-corrected chi connectivity index (χ0v) is 21.5. The van der Waals surface area contributed by atoms with Gasteiger partial charge in [0.15, 0.2) is 18.1 Å². The number of unbranched alkanes of at least 4 members (excludes halogenated alkanes) is 1. The van der Waals surface area contributed by atoms with Gasteiger partial charge in [-0.05, 0) is 85.6 Å². The molecule has 0 aliphatic rings. The SMILES string of the molecule is CCCCOc1ccc(OCC(=O)NN=Cc2ccc(OC(=O)c3ccc(Cl)cc3)c(OCC)c2)cc1. The van der Waals surface area contributed by atoms with Crippen molar-refractivity contribution in [2.45, 2.75) is 26.7 Å². The van der Waals surface area contributed by atoms with Crippen LogP contribution >= 0.6 is 11.6 Å². The number of hydrogen-bond donors (Lipinski definition) is 1. The fourth-order valence-electron chi connectivity index (χ4n) is 3.03. The van der Waals surface area contributed by atoms with Crippen LogP contribution in [0.1, 0.15) is 42.6 Å². The largest absolute Gasteiger partial charge is 0.494 e. The van der Waals surface area contributed by atoms with Crippen LogP contribution in [0.2, 0.25) is 5.02 Å². The van der Waals surface area contributed by atoms with E-state index in [2.05, 4.69) is 17.5 Å². The van der Waals surface area contributed by atoms with Crippen molar-refractivity contribution in [1.82, 2.24) is 5.43 Å². The summed E-state index contributed by atoms with van der Waals surface area (Å²) in [6.45, 7) is 4.76. The summed E-state index contributed by atoms with van der Waals surface area (Å²) in [7, 11) is 0. The van der Waals surface area contributed by atoms with E-state index in [1.165, 1.54) is 6.21 Å². The van der Waals surface area contributed by atoms with Crippen LogP contribution < -0.4 is 24.4 Å². The van der Waals surface area contributed by atoms with Gasteiger partial charge < -0.3 is 18.9 Å². The Bertz CT molecular complexity index is 1200. The molecule has 8 nitrogen and oxygen atoms in total. The number of nitrogens with one attached hydrogen (secondary N) is 1. The van der Waals surface area contributed by atoms with Crippen LogP contribution in [0.4, 0.5) is 0 Å². The molecule has 3 rings (SSSR count). The number of benzene rings is 3. The molecule has 1 amide bonds. The van der Waals surface area contributed by atoms with Crippen LogP contribution in [0.25, 0.3) is 0 Å². The minimum absolute atomic E-state index is 0.197. The summed E-state index contributed by atoms with van der Waals surface area (Å²) in [4.78, 5) is 24.5. The van der Waals surface area contributed by atoms with Crippen LogP contribution in [0.15, 0.2) is 71.8 Å². The summed E-state index contributed by atoms with van der Waals surface area (Å²) >= 11 is 5.87. The highest BCUT2D eigenvalue weighted by atomic mass is 35.5. The molecule has 9 heteroatoms. The van der Waals surface area contributed by atoms with Gasteiger partial charge in [-0.3, -0.25) is 4.79 Å². The van der Waals surface area contributed by atoms with Crippen LogP contribution in [0, 0.1) is 0 Å². The quantitative estimate of drug-likeness (QED) is 0.102. The maximum Gasteiger partial charge on any atom is 0.343 e. The van der Waals surface area contributed by atoms with Gasteiger partial charge in [0, 0.05) is 5.02 Å². The van der Waals surface area contributed by atoms with E-state index in [1.54, 1.807) is 66.7 Å². The zero-order valence-electron chi connectivity index (χ0n) is 20.7. The second-order valence-corrected chi connectivity index (χ2v) is 8.23. The summed E-state index contributed by atoms with van der Waals surface area (Å²) in [6, 6.07) is 18.4. The lowest BCUT2D eigenvalue weighted by molar-refractivity contribution is -0.123. The standard InChI is InChI=1S/C28H29ClN2O6/c1-3-5-16-35-23-11-13-24(14-12-23)36-19-27(32)31-30-18-20-6-15-25(26(17-20)34-4-2)37-28(33)21-7-9-22(29)10-8-21/h6-15,17-18H,3-5,16,19H2,1-2H3,(H,31,32). The smallest absolute Gasteiger partial charge is 0.343 e. The molecule has 37 heavy (non-hydrogen) atoms. The number of hydrazone groups is 1. The number of rotatable bonds is 13. The Morgan fingerprint density at radius 2 is 1.59 bits per heavy atom. The van der Waals surface area contributed by atoms with Gasteiger partial charge >= 0.3 is 5.97 Å². The topological polar surface area (TPSA) is 95.5 Å². The van der Waals surface area contributed by atoms with E-state index in [0.717, 1.165) is 18.6 Å². The number of ether oxygens (including phenoxy) is 4. The van der Waals surface area contributed by atoms with E-state index in [9.17, 15) is 9.59 Å². The minimum atomic E-state index is -0.537. The van der Waals surface area contributed by atoms with Crippen molar-refractivity contribution in [3.05, 3.63) is 82.9 Å². The van der Waals surface area contributed by atoms with Crippen LogP contribution in [-0.2, 0) is 4.79 Å². The van der Waals surface area contributed by atoms with E-state index < -0.39 is 11.9 Å². The first kappa shape index (κ1) is 27.5. The highest BCUT2D eigenvalue weighted by Crippen LogP contribution is 2.29. The van der Waals surface area contributed by atoms with Gasteiger partial charge in [-0.25, -0.2) is 10.2 Å². The van der Waals surface area contributed by atoms with Crippen molar-refractivity contribution >= 4 is 29.7 Å². The Balaban J connectivity index is 1.51. The van der Waals surface area contributed by atoms with Crippen LogP contribution in [0.5, 0.6) is 23.0 Å². The summed E-state index contributed by atoms with van der Waals surface area (Å²) in [5, 5.41) is 4.48. The van der Waals surface area contributed by atoms with E-state index in [4.69, 9.17) is 30.5 Å². The van der Waals surface area contributed by atoms with Crippen molar-refractivity contribution < 1.29 is 28.5 Å². The molecule has 3 aromatic carbocycles. The molecule has 0 radical (unpaired) electrons. The van der Waals surface area contributed by atoms with E-state index in [1.807, 2.05) is 6.92 Å². The number of carbonyl (C=O) groups is 2. The van der Waals surface area contributed by atoms with Gasteiger partial charge in [0.2, 0.25) is 0 Å². The minimum Gasteiger partial charge on any atom is -0.494 e. The first-order valence-electron chi connectivity index (χ1n) is 11.9. The number of hydrogen-bond acceptors (Lipinski definition) is 7. The highest BCUT2D eigenvalue weighted by Gasteiger charge is 2.13. The normalized spacial score (nSPS) is 10.7. The molecule has 0 saturated heterocycles. The third kappa shape index (κ3) is 9.16. The molecule has 0 aromatic heterocycles. The van der Waals surface area contributed by atoms with Gasteiger partial charge in [0.05, 0.1) is 25.0 Å². The van der Waals surface area contributed by atoms with E-state index >= 15 is 0 Å². The lowest BCUT2D eigenvalue weighted by atomic mass is 10.2. The average molecular weight is 525 g/mol. The number of carbonyl (C=O) groups excluding carboxylic acids is 2. The molecule has 0 fully saturated rings. The second kappa shape index (κ2) is 14.5. The molecule has 0 spiro atoms. The molecule has 1 N–H and O–H groups in total. The molecule has 0 unspecified atom stereocenters. The third-order valence-corrected chi connectivity index (χ3v) is 5.17. The van der Waals surface area contributed by atoms with Crippen molar-refractivity contribution in [1.29, 1.82) is 0 Å². The van der Waals surface area contributed by atoms with Crippen molar-refractivity contribution in [2.24, 2.45) is 5.10 Å². The molecule has 3 aromatic rings. The van der Waals surface area contributed by atoms with E-state index in [-0.39, 0.29) is 12.4 Å². The predicted octanol–water partition coefficient (Wildman–Crippen LogP) is 5.67. The maximum atomic E-state index is 12.4. The average Bonchev–Trinajstić information content (AvgIpc) is 2.90. The fourth-order valence-corrected chi connectivity index (χ4v) is 3.15. The maximum absolute atomic E-state index is 12.4. The van der Waals surface area contributed by atoms with Gasteiger partial charge in [-0.2, -0.15) is 5.10 Å². The molecule has 0 atom stereocenters. The van der Waals surface area contributed by atoms with Gasteiger partial charge in [0.1, 0.15) is 11.5 Å². The number of esters is 1.